The largest absolute Gasteiger partial charge is 0.459 e. The highest BCUT2D eigenvalue weighted by Crippen LogP contribution is 2.19. The van der Waals surface area contributed by atoms with Gasteiger partial charge in [-0.25, -0.2) is 0 Å². The van der Waals surface area contributed by atoms with E-state index in [4.69, 9.17) is 4.42 Å². The lowest BCUT2D eigenvalue weighted by Crippen LogP contribution is -2.10. The summed E-state index contributed by atoms with van der Waals surface area (Å²) in [6.07, 6.45) is 4.93. The van der Waals surface area contributed by atoms with Gasteiger partial charge in [-0.2, -0.15) is 4.80 Å². The number of hydrogen-bond acceptors (Lipinski definition) is 4. The SMILES string of the molecule is CCCCc1ccc(-n2nc3ccc(NC(=O)c4ccco4)cc3n2)cc1. The van der Waals surface area contributed by atoms with E-state index >= 15 is 0 Å². The molecule has 136 valence electrons. The molecule has 2 aromatic heterocycles. The van der Waals surface area contributed by atoms with Crippen LogP contribution in [0.2, 0.25) is 0 Å². The molecule has 0 saturated heterocycles. The van der Waals surface area contributed by atoms with Crippen molar-refractivity contribution in [2.45, 2.75) is 26.2 Å². The lowest BCUT2D eigenvalue weighted by atomic mass is 10.1. The second-order valence-corrected chi connectivity index (χ2v) is 6.39. The first-order valence-electron chi connectivity index (χ1n) is 9.04. The molecule has 27 heavy (non-hydrogen) atoms. The number of anilines is 1. The fourth-order valence-electron chi connectivity index (χ4n) is 2.89. The summed E-state index contributed by atoms with van der Waals surface area (Å²) in [6, 6.07) is 17.0. The Morgan fingerprint density at radius 2 is 1.89 bits per heavy atom. The molecule has 2 heterocycles. The molecule has 0 fully saturated rings. The van der Waals surface area contributed by atoms with E-state index in [1.807, 2.05) is 18.2 Å². The van der Waals surface area contributed by atoms with Gasteiger partial charge < -0.3 is 9.73 Å². The molecule has 6 heteroatoms. The van der Waals surface area contributed by atoms with Crippen LogP contribution in [0.25, 0.3) is 16.7 Å². The van der Waals surface area contributed by atoms with Crippen molar-refractivity contribution in [1.82, 2.24) is 15.0 Å². The third-order valence-corrected chi connectivity index (χ3v) is 4.37. The van der Waals surface area contributed by atoms with Crippen LogP contribution in [-0.2, 0) is 6.42 Å². The van der Waals surface area contributed by atoms with Crippen LogP contribution < -0.4 is 5.32 Å². The third kappa shape index (κ3) is 3.74. The number of carbonyl (C=O) groups excluding carboxylic acids is 1. The first kappa shape index (κ1) is 17.0. The first-order valence-corrected chi connectivity index (χ1v) is 9.04. The minimum absolute atomic E-state index is 0.266. The predicted molar refractivity (Wildman–Crippen MR) is 104 cm³/mol. The monoisotopic (exact) mass is 360 g/mol. The van der Waals surface area contributed by atoms with Crippen molar-refractivity contribution in [3.05, 3.63) is 72.2 Å². The fourth-order valence-corrected chi connectivity index (χ4v) is 2.89. The molecule has 0 unspecified atom stereocenters. The first-order chi connectivity index (χ1) is 13.2. The summed E-state index contributed by atoms with van der Waals surface area (Å²) in [5.74, 6) is -0.0312. The van der Waals surface area contributed by atoms with Crippen molar-refractivity contribution in [2.75, 3.05) is 5.32 Å². The average molecular weight is 360 g/mol. The van der Waals surface area contributed by atoms with Crippen LogP contribution in [0.15, 0.2) is 65.3 Å². The summed E-state index contributed by atoms with van der Waals surface area (Å²) in [4.78, 5) is 13.7. The highest BCUT2D eigenvalue weighted by molar-refractivity contribution is 6.03. The van der Waals surface area contributed by atoms with Crippen molar-refractivity contribution in [1.29, 1.82) is 0 Å². The molecule has 4 aromatic rings. The van der Waals surface area contributed by atoms with Crippen molar-refractivity contribution in [3.63, 3.8) is 0 Å². The van der Waals surface area contributed by atoms with Crippen molar-refractivity contribution >= 4 is 22.6 Å². The molecule has 0 aliphatic rings. The number of furan rings is 1. The van der Waals surface area contributed by atoms with Crippen LogP contribution in [0.1, 0.15) is 35.9 Å². The molecule has 2 aromatic carbocycles. The van der Waals surface area contributed by atoms with Gasteiger partial charge in [0.1, 0.15) is 11.0 Å². The Bertz CT molecular complexity index is 1050. The van der Waals surface area contributed by atoms with Crippen LogP contribution in [0.4, 0.5) is 5.69 Å². The molecular formula is C21H20N4O2. The molecule has 0 aliphatic heterocycles. The molecule has 0 saturated carbocycles. The molecule has 1 N–H and O–H groups in total. The Morgan fingerprint density at radius 3 is 2.63 bits per heavy atom. The van der Waals surface area contributed by atoms with Crippen molar-refractivity contribution < 1.29 is 9.21 Å². The number of nitrogens with zero attached hydrogens (tertiary/aromatic N) is 3. The quantitative estimate of drug-likeness (QED) is 0.545. The minimum Gasteiger partial charge on any atom is -0.459 e. The highest BCUT2D eigenvalue weighted by Gasteiger charge is 2.11. The van der Waals surface area contributed by atoms with Gasteiger partial charge in [-0.05, 0) is 60.9 Å². The van der Waals surface area contributed by atoms with E-state index < -0.39 is 0 Å². The van der Waals surface area contributed by atoms with Crippen LogP contribution in [-0.4, -0.2) is 20.9 Å². The zero-order chi connectivity index (χ0) is 18.6. The normalized spacial score (nSPS) is 11.0. The maximum absolute atomic E-state index is 12.1. The van der Waals surface area contributed by atoms with E-state index in [-0.39, 0.29) is 11.7 Å². The molecule has 0 atom stereocenters. The summed E-state index contributed by atoms with van der Waals surface area (Å²) >= 11 is 0. The number of benzene rings is 2. The highest BCUT2D eigenvalue weighted by atomic mass is 16.3. The second kappa shape index (κ2) is 7.45. The molecule has 1 amide bonds. The molecular weight excluding hydrogens is 340 g/mol. The Labute approximate surface area is 156 Å². The molecule has 6 nitrogen and oxygen atoms in total. The zero-order valence-corrected chi connectivity index (χ0v) is 15.1. The number of nitrogens with one attached hydrogen (secondary N) is 1. The van der Waals surface area contributed by atoms with Gasteiger partial charge in [0.05, 0.1) is 12.0 Å². The van der Waals surface area contributed by atoms with E-state index in [9.17, 15) is 4.79 Å². The number of hydrogen-bond donors (Lipinski definition) is 1. The molecule has 4 rings (SSSR count). The minimum atomic E-state index is -0.297. The predicted octanol–water partition coefficient (Wildman–Crippen LogP) is 4.61. The third-order valence-electron chi connectivity index (χ3n) is 4.37. The van der Waals surface area contributed by atoms with Gasteiger partial charge in [-0.15, -0.1) is 10.2 Å². The van der Waals surface area contributed by atoms with E-state index in [1.165, 1.54) is 24.7 Å². The zero-order valence-electron chi connectivity index (χ0n) is 15.1. The number of aromatic nitrogens is 3. The standard InChI is InChI=1S/C21H20N4O2/c1-2-3-5-15-7-10-17(11-8-15)25-23-18-12-9-16(14-19(18)24-25)22-21(26)20-6-4-13-27-20/h4,6-14H,2-3,5H2,1H3,(H,22,26). The number of rotatable bonds is 6. The number of fused-ring (bicyclic) bond motifs is 1. The Hall–Kier alpha value is -3.41. The summed E-state index contributed by atoms with van der Waals surface area (Å²) in [5, 5.41) is 11.9. The van der Waals surface area contributed by atoms with Crippen LogP contribution in [0.3, 0.4) is 0 Å². The molecule has 0 bridgehead atoms. The summed E-state index contributed by atoms with van der Waals surface area (Å²) in [6.45, 7) is 2.19. The number of carbonyl (C=O) groups is 1. The lowest BCUT2D eigenvalue weighted by molar-refractivity contribution is 0.0996. The molecule has 0 spiro atoms. The average Bonchev–Trinajstić information content (AvgIpc) is 3.36. The number of amides is 1. The van der Waals surface area contributed by atoms with Gasteiger partial charge in [0, 0.05) is 5.69 Å². The van der Waals surface area contributed by atoms with Crippen molar-refractivity contribution in [3.8, 4) is 5.69 Å². The van der Waals surface area contributed by atoms with Gasteiger partial charge in [0.25, 0.3) is 5.91 Å². The summed E-state index contributed by atoms with van der Waals surface area (Å²) in [5.41, 5.74) is 4.35. The van der Waals surface area contributed by atoms with Gasteiger partial charge in [0.15, 0.2) is 5.76 Å². The van der Waals surface area contributed by atoms with Crippen molar-refractivity contribution in [2.24, 2.45) is 0 Å². The van der Waals surface area contributed by atoms with Gasteiger partial charge >= 0.3 is 0 Å². The summed E-state index contributed by atoms with van der Waals surface area (Å²) in [7, 11) is 0. The Kier molecular flexibility index (Phi) is 4.70. The van der Waals surface area contributed by atoms with Crippen LogP contribution in [0.5, 0.6) is 0 Å². The van der Waals surface area contributed by atoms with Gasteiger partial charge in [-0.3, -0.25) is 4.79 Å². The molecule has 0 radical (unpaired) electrons. The smallest absolute Gasteiger partial charge is 0.291 e. The maximum Gasteiger partial charge on any atom is 0.291 e. The Morgan fingerprint density at radius 1 is 1.07 bits per heavy atom. The van der Waals surface area contributed by atoms with E-state index in [0.717, 1.165) is 17.6 Å². The Balaban J connectivity index is 1.54. The van der Waals surface area contributed by atoms with Crippen LogP contribution >= 0.6 is 0 Å². The number of aryl methyl sites for hydroxylation is 1. The van der Waals surface area contributed by atoms with E-state index in [0.29, 0.717) is 11.2 Å². The fraction of sp³-hybridized carbons (Fsp3) is 0.190. The summed E-state index contributed by atoms with van der Waals surface area (Å²) < 4.78 is 5.11. The maximum atomic E-state index is 12.1. The topological polar surface area (TPSA) is 73.0 Å². The number of unbranched alkanes of at least 4 members (excludes halogenated alkanes) is 1. The lowest BCUT2D eigenvalue weighted by Gasteiger charge is -2.02. The van der Waals surface area contributed by atoms with E-state index in [1.54, 1.807) is 29.1 Å². The van der Waals surface area contributed by atoms with E-state index in [2.05, 4.69) is 34.6 Å². The van der Waals surface area contributed by atoms with Gasteiger partial charge in [-0.1, -0.05) is 25.5 Å². The van der Waals surface area contributed by atoms with Gasteiger partial charge in [0.2, 0.25) is 0 Å². The van der Waals surface area contributed by atoms with Crippen LogP contribution in [0, 0.1) is 0 Å². The molecule has 0 aliphatic carbocycles. The second-order valence-electron chi connectivity index (χ2n) is 6.39.